The molecule has 3 heterocycles. The number of para-hydroxylation sites is 1. The topological polar surface area (TPSA) is 43.9 Å². The summed E-state index contributed by atoms with van der Waals surface area (Å²) in [4.78, 5) is 10.2. The van der Waals surface area contributed by atoms with Gasteiger partial charge in [0.25, 0.3) is 0 Å². The molecule has 0 aliphatic heterocycles. The summed E-state index contributed by atoms with van der Waals surface area (Å²) in [6.45, 7) is 0. The van der Waals surface area contributed by atoms with E-state index in [0.29, 0.717) is 11.5 Å². The van der Waals surface area contributed by atoms with Gasteiger partial charge in [0.15, 0.2) is 11.4 Å². The predicted molar refractivity (Wildman–Crippen MR) is 207 cm³/mol. The fourth-order valence-corrected chi connectivity index (χ4v) is 8.01. The number of furan rings is 1. The summed E-state index contributed by atoms with van der Waals surface area (Å²) in [5.41, 5.74) is 7.43. The molecule has 0 aliphatic rings. The summed E-state index contributed by atoms with van der Waals surface area (Å²) in [6, 6.07) is 57.9. The van der Waals surface area contributed by atoms with Crippen LogP contribution < -0.4 is 0 Å². The Morgan fingerprint density at radius 3 is 1.66 bits per heavy atom. The number of benzene rings is 8. The Morgan fingerprint density at radius 1 is 0.420 bits per heavy atom. The Balaban J connectivity index is 1.27. The van der Waals surface area contributed by atoms with Gasteiger partial charge in [0.2, 0.25) is 5.71 Å². The van der Waals surface area contributed by atoms with Crippen molar-refractivity contribution in [1.82, 2.24) is 14.5 Å². The summed E-state index contributed by atoms with van der Waals surface area (Å²) < 4.78 is 9.29. The zero-order valence-corrected chi connectivity index (χ0v) is 26.8. The summed E-state index contributed by atoms with van der Waals surface area (Å²) in [5, 5.41) is 11.7. The van der Waals surface area contributed by atoms with Crippen molar-refractivity contribution in [2.45, 2.75) is 0 Å². The van der Waals surface area contributed by atoms with Crippen molar-refractivity contribution in [3.63, 3.8) is 0 Å². The molecule has 0 bridgehead atoms. The van der Waals surface area contributed by atoms with Gasteiger partial charge in [0.1, 0.15) is 0 Å². The molecule has 0 saturated carbocycles. The molecule has 4 heteroatoms. The molecule has 8 aromatic carbocycles. The third kappa shape index (κ3) is 3.81. The molecular weight excluding hydrogens is 611 g/mol. The SMILES string of the molecule is c1ccc(-c2nc(-c3ccccc3)c3c(n2)oc2c3ccc3c4ccccc4n(-c4ccc5c6ccccc6c6ccccc6c5c4)c32)cc1. The van der Waals surface area contributed by atoms with Crippen LogP contribution in [0.2, 0.25) is 0 Å². The number of nitrogens with zero attached hydrogens (tertiary/aromatic N) is 3. The Hall–Kier alpha value is -6.78. The largest absolute Gasteiger partial charge is 0.435 e. The lowest BCUT2D eigenvalue weighted by Crippen LogP contribution is -1.95. The monoisotopic (exact) mass is 637 g/mol. The fourth-order valence-electron chi connectivity index (χ4n) is 8.01. The second-order valence-electron chi connectivity index (χ2n) is 12.9. The molecule has 0 atom stereocenters. The zero-order chi connectivity index (χ0) is 32.8. The van der Waals surface area contributed by atoms with E-state index >= 15 is 0 Å². The zero-order valence-electron chi connectivity index (χ0n) is 26.8. The Bertz CT molecular complexity index is 3100. The van der Waals surface area contributed by atoms with Crippen LogP contribution >= 0.6 is 0 Å². The molecule has 0 amide bonds. The Kier molecular flexibility index (Phi) is 5.63. The van der Waals surface area contributed by atoms with Crippen molar-refractivity contribution < 1.29 is 4.42 Å². The molecule has 0 radical (unpaired) electrons. The van der Waals surface area contributed by atoms with Gasteiger partial charge in [-0.15, -0.1) is 0 Å². The first-order chi connectivity index (χ1) is 24.8. The normalized spacial score (nSPS) is 12.0. The minimum absolute atomic E-state index is 0.577. The van der Waals surface area contributed by atoms with Gasteiger partial charge in [-0.2, -0.15) is 4.98 Å². The van der Waals surface area contributed by atoms with Crippen molar-refractivity contribution in [1.29, 1.82) is 0 Å². The van der Waals surface area contributed by atoms with Crippen LogP contribution in [0.1, 0.15) is 0 Å². The van der Waals surface area contributed by atoms with E-state index in [2.05, 4.69) is 132 Å². The minimum Gasteiger partial charge on any atom is -0.435 e. The third-order valence-electron chi connectivity index (χ3n) is 10.2. The average Bonchev–Trinajstić information content (AvgIpc) is 3.74. The second kappa shape index (κ2) is 10.4. The average molecular weight is 638 g/mol. The fraction of sp³-hybridized carbons (Fsp3) is 0. The lowest BCUT2D eigenvalue weighted by molar-refractivity contribution is 0.655. The van der Waals surface area contributed by atoms with E-state index in [1.807, 2.05) is 36.4 Å². The standard InChI is InChI=1S/C46H27N3O/c1-3-13-28(14-4-1)42-41-38-26-25-37-36-21-11-12-22-40(36)49(43(37)44(38)50-46(41)48-45(47-42)29-15-5-2-6-16-29)30-23-24-35-33-19-8-7-17-31(33)32-18-9-10-20-34(32)39(35)27-30/h1-27H. The van der Waals surface area contributed by atoms with E-state index in [9.17, 15) is 0 Å². The van der Waals surface area contributed by atoms with E-state index in [-0.39, 0.29) is 0 Å². The molecule has 3 aromatic heterocycles. The van der Waals surface area contributed by atoms with Gasteiger partial charge >= 0.3 is 0 Å². The highest BCUT2D eigenvalue weighted by atomic mass is 16.3. The quantitative estimate of drug-likeness (QED) is 0.181. The maximum absolute atomic E-state index is 6.93. The van der Waals surface area contributed by atoms with Crippen molar-refractivity contribution in [2.24, 2.45) is 0 Å². The summed E-state index contributed by atoms with van der Waals surface area (Å²) in [7, 11) is 0. The van der Waals surface area contributed by atoms with E-state index in [0.717, 1.165) is 55.3 Å². The van der Waals surface area contributed by atoms with Crippen molar-refractivity contribution in [2.75, 3.05) is 0 Å². The maximum Gasteiger partial charge on any atom is 0.231 e. The predicted octanol–water partition coefficient (Wildman–Crippen LogP) is 12.3. The number of rotatable bonds is 3. The van der Waals surface area contributed by atoms with Gasteiger partial charge in [-0.25, -0.2) is 4.98 Å². The van der Waals surface area contributed by atoms with Crippen LogP contribution in [0.5, 0.6) is 0 Å². The minimum atomic E-state index is 0.577. The van der Waals surface area contributed by atoms with E-state index in [4.69, 9.17) is 14.4 Å². The first kappa shape index (κ1) is 27.2. The second-order valence-corrected chi connectivity index (χ2v) is 12.9. The van der Waals surface area contributed by atoms with Gasteiger partial charge in [0.05, 0.1) is 22.1 Å². The summed E-state index contributed by atoms with van der Waals surface area (Å²) in [5.74, 6) is 0.640. The van der Waals surface area contributed by atoms with Crippen LogP contribution in [-0.2, 0) is 0 Å². The molecule has 0 saturated heterocycles. The highest BCUT2D eigenvalue weighted by molar-refractivity contribution is 6.26. The van der Waals surface area contributed by atoms with Crippen LogP contribution in [0.25, 0.3) is 105 Å². The molecule has 4 nitrogen and oxygen atoms in total. The summed E-state index contributed by atoms with van der Waals surface area (Å²) >= 11 is 0. The maximum atomic E-state index is 6.93. The van der Waals surface area contributed by atoms with E-state index in [1.165, 1.54) is 37.7 Å². The summed E-state index contributed by atoms with van der Waals surface area (Å²) in [6.07, 6.45) is 0. The molecule has 232 valence electrons. The van der Waals surface area contributed by atoms with Crippen LogP contribution in [0, 0.1) is 0 Å². The number of hydrogen-bond acceptors (Lipinski definition) is 3. The number of fused-ring (bicyclic) bond motifs is 13. The molecule has 0 N–H and O–H groups in total. The van der Waals surface area contributed by atoms with Crippen molar-refractivity contribution >= 4 is 76.2 Å². The first-order valence-electron chi connectivity index (χ1n) is 16.9. The molecule has 11 rings (SSSR count). The molecule has 0 fully saturated rings. The first-order valence-corrected chi connectivity index (χ1v) is 16.9. The molecule has 50 heavy (non-hydrogen) atoms. The Morgan fingerprint density at radius 2 is 0.960 bits per heavy atom. The van der Waals surface area contributed by atoms with Gasteiger partial charge in [-0.05, 0) is 56.6 Å². The number of aromatic nitrogens is 3. The highest BCUT2D eigenvalue weighted by Gasteiger charge is 2.23. The molecular formula is C46H27N3O. The Labute approximate surface area is 286 Å². The molecule has 0 spiro atoms. The third-order valence-corrected chi connectivity index (χ3v) is 10.2. The molecule has 0 unspecified atom stereocenters. The number of hydrogen-bond donors (Lipinski definition) is 0. The molecule has 0 aliphatic carbocycles. The highest BCUT2D eigenvalue weighted by Crippen LogP contribution is 2.44. The van der Waals surface area contributed by atoms with Gasteiger partial charge in [0, 0.05) is 33.0 Å². The van der Waals surface area contributed by atoms with Crippen molar-refractivity contribution in [3.05, 3.63) is 164 Å². The molecule has 11 aromatic rings. The van der Waals surface area contributed by atoms with Gasteiger partial charge in [-0.1, -0.05) is 140 Å². The lowest BCUT2D eigenvalue weighted by atomic mass is 9.94. The lowest BCUT2D eigenvalue weighted by Gasteiger charge is -2.13. The van der Waals surface area contributed by atoms with Crippen LogP contribution in [0.3, 0.4) is 0 Å². The van der Waals surface area contributed by atoms with Gasteiger partial charge in [-0.3, -0.25) is 0 Å². The van der Waals surface area contributed by atoms with E-state index in [1.54, 1.807) is 0 Å². The van der Waals surface area contributed by atoms with Gasteiger partial charge < -0.3 is 8.98 Å². The van der Waals surface area contributed by atoms with Crippen LogP contribution in [0.4, 0.5) is 0 Å². The van der Waals surface area contributed by atoms with Crippen molar-refractivity contribution in [3.8, 4) is 28.3 Å². The van der Waals surface area contributed by atoms with Crippen LogP contribution in [-0.4, -0.2) is 14.5 Å². The smallest absolute Gasteiger partial charge is 0.231 e. The van der Waals surface area contributed by atoms with E-state index < -0.39 is 0 Å². The van der Waals surface area contributed by atoms with Crippen LogP contribution in [0.15, 0.2) is 168 Å².